The molecular weight excluding hydrogens is 214 g/mol. The molecule has 92 valence electrons. The highest BCUT2D eigenvalue weighted by Gasteiger charge is 2.29. The van der Waals surface area contributed by atoms with E-state index in [0.29, 0.717) is 19.5 Å². The Morgan fingerprint density at radius 2 is 2.18 bits per heavy atom. The third-order valence-corrected chi connectivity index (χ3v) is 3.38. The van der Waals surface area contributed by atoms with E-state index >= 15 is 0 Å². The molecule has 1 amide bonds. The van der Waals surface area contributed by atoms with Gasteiger partial charge in [-0.15, -0.1) is 0 Å². The van der Waals surface area contributed by atoms with E-state index in [-0.39, 0.29) is 17.9 Å². The minimum absolute atomic E-state index is 0.0681. The van der Waals surface area contributed by atoms with E-state index < -0.39 is 0 Å². The van der Waals surface area contributed by atoms with Crippen molar-refractivity contribution in [3.8, 4) is 0 Å². The van der Waals surface area contributed by atoms with E-state index in [2.05, 4.69) is 0 Å². The molecule has 0 radical (unpaired) electrons. The molecule has 1 aromatic carbocycles. The van der Waals surface area contributed by atoms with Crippen LogP contribution in [0.5, 0.6) is 0 Å². The van der Waals surface area contributed by atoms with Crippen molar-refractivity contribution in [2.45, 2.75) is 31.8 Å². The number of β-amino-alcohol motifs (C(OH)–C–C–N with tert-alkyl or cyclic N) is 1. The normalized spacial score (nSPS) is 21.5. The molecule has 1 aromatic rings. The summed E-state index contributed by atoms with van der Waals surface area (Å²) in [4.78, 5) is 14.1. The summed E-state index contributed by atoms with van der Waals surface area (Å²) in [5.41, 5.74) is 1.07. The molecule has 1 unspecified atom stereocenters. The van der Waals surface area contributed by atoms with Gasteiger partial charge in [0.1, 0.15) is 0 Å². The first-order valence-electron chi connectivity index (χ1n) is 6.24. The van der Waals surface area contributed by atoms with Gasteiger partial charge in [0.15, 0.2) is 0 Å². The number of aliphatic hydroxyl groups excluding tert-OH is 1. The smallest absolute Gasteiger partial charge is 0.230 e. The van der Waals surface area contributed by atoms with E-state index in [1.54, 1.807) is 4.90 Å². The number of carbonyl (C=O) groups is 1. The maximum atomic E-state index is 12.3. The summed E-state index contributed by atoms with van der Waals surface area (Å²) >= 11 is 0. The Bertz CT molecular complexity index is 377. The maximum absolute atomic E-state index is 12.3. The fraction of sp³-hybridized carbons (Fsp3) is 0.500. The van der Waals surface area contributed by atoms with Crippen LogP contribution >= 0.6 is 0 Å². The average molecular weight is 233 g/mol. The topological polar surface area (TPSA) is 40.5 Å². The lowest BCUT2D eigenvalue weighted by Gasteiger charge is -2.22. The summed E-state index contributed by atoms with van der Waals surface area (Å²) in [5.74, 6) is 0.0803. The van der Waals surface area contributed by atoms with Crippen molar-refractivity contribution in [1.29, 1.82) is 0 Å². The molecule has 0 spiro atoms. The van der Waals surface area contributed by atoms with Gasteiger partial charge in [-0.1, -0.05) is 37.3 Å². The molecule has 1 saturated heterocycles. The Morgan fingerprint density at radius 1 is 1.47 bits per heavy atom. The summed E-state index contributed by atoms with van der Waals surface area (Å²) < 4.78 is 0. The van der Waals surface area contributed by atoms with E-state index in [1.165, 1.54) is 0 Å². The van der Waals surface area contributed by atoms with E-state index in [0.717, 1.165) is 12.0 Å². The largest absolute Gasteiger partial charge is 0.391 e. The van der Waals surface area contributed by atoms with Crippen LogP contribution in [-0.2, 0) is 4.79 Å². The van der Waals surface area contributed by atoms with Crippen molar-refractivity contribution in [2.75, 3.05) is 13.1 Å². The van der Waals surface area contributed by atoms with Gasteiger partial charge in [0.05, 0.1) is 12.0 Å². The number of benzene rings is 1. The van der Waals surface area contributed by atoms with Gasteiger partial charge < -0.3 is 10.0 Å². The second-order valence-electron chi connectivity index (χ2n) is 4.60. The quantitative estimate of drug-likeness (QED) is 0.864. The molecule has 17 heavy (non-hydrogen) atoms. The predicted octanol–water partition coefficient (Wildman–Crippen LogP) is 1.77. The molecule has 1 fully saturated rings. The standard InChI is InChI=1S/C14H19NO2/c1-2-13(11-6-4-3-5-7-11)14(17)15-9-8-12(16)10-15/h3-7,12-13,16H,2,8-10H2,1H3/t12-,13?/m0/s1. The molecular formula is C14H19NO2. The highest BCUT2D eigenvalue weighted by atomic mass is 16.3. The van der Waals surface area contributed by atoms with Crippen LogP contribution in [0.3, 0.4) is 0 Å². The van der Waals surface area contributed by atoms with Crippen LogP contribution < -0.4 is 0 Å². The van der Waals surface area contributed by atoms with Crippen molar-refractivity contribution >= 4 is 5.91 Å². The first kappa shape index (κ1) is 12.1. The minimum Gasteiger partial charge on any atom is -0.391 e. The molecule has 2 atom stereocenters. The third kappa shape index (κ3) is 2.67. The minimum atomic E-state index is -0.341. The summed E-state index contributed by atoms with van der Waals surface area (Å²) in [5, 5.41) is 9.48. The Hall–Kier alpha value is -1.35. The summed E-state index contributed by atoms with van der Waals surface area (Å²) in [6.07, 6.45) is 1.17. The van der Waals surface area contributed by atoms with Crippen molar-refractivity contribution in [3.05, 3.63) is 35.9 Å². The van der Waals surface area contributed by atoms with Gasteiger partial charge >= 0.3 is 0 Å². The molecule has 3 heteroatoms. The Labute approximate surface area is 102 Å². The zero-order valence-corrected chi connectivity index (χ0v) is 10.2. The summed E-state index contributed by atoms with van der Waals surface area (Å²) in [6.45, 7) is 3.20. The number of carbonyl (C=O) groups excluding carboxylic acids is 1. The lowest BCUT2D eigenvalue weighted by atomic mass is 9.95. The van der Waals surface area contributed by atoms with Crippen molar-refractivity contribution in [3.63, 3.8) is 0 Å². The summed E-state index contributed by atoms with van der Waals surface area (Å²) in [7, 11) is 0. The number of hydrogen-bond donors (Lipinski definition) is 1. The van der Waals surface area contributed by atoms with Gasteiger partial charge in [0, 0.05) is 13.1 Å². The van der Waals surface area contributed by atoms with Crippen LogP contribution in [0.2, 0.25) is 0 Å². The number of nitrogens with zero attached hydrogens (tertiary/aromatic N) is 1. The Kier molecular flexibility index (Phi) is 3.79. The van der Waals surface area contributed by atoms with Crippen LogP contribution in [0.25, 0.3) is 0 Å². The van der Waals surface area contributed by atoms with Crippen LogP contribution in [0.1, 0.15) is 31.2 Å². The molecule has 1 heterocycles. The number of amides is 1. The third-order valence-electron chi connectivity index (χ3n) is 3.38. The fourth-order valence-corrected chi connectivity index (χ4v) is 2.40. The SMILES string of the molecule is CCC(C(=O)N1CC[C@H](O)C1)c1ccccc1. The summed E-state index contributed by atoms with van der Waals surface area (Å²) in [6, 6.07) is 9.88. The highest BCUT2D eigenvalue weighted by Crippen LogP contribution is 2.24. The Balaban J connectivity index is 2.11. The molecule has 1 aliphatic heterocycles. The molecule has 0 aliphatic carbocycles. The molecule has 0 saturated carbocycles. The fourth-order valence-electron chi connectivity index (χ4n) is 2.40. The Morgan fingerprint density at radius 3 is 2.71 bits per heavy atom. The molecule has 0 bridgehead atoms. The van der Waals surface area contributed by atoms with E-state index in [9.17, 15) is 9.90 Å². The maximum Gasteiger partial charge on any atom is 0.230 e. The molecule has 3 nitrogen and oxygen atoms in total. The second kappa shape index (κ2) is 5.32. The second-order valence-corrected chi connectivity index (χ2v) is 4.60. The predicted molar refractivity (Wildman–Crippen MR) is 66.7 cm³/mol. The lowest BCUT2D eigenvalue weighted by molar-refractivity contribution is -0.132. The lowest BCUT2D eigenvalue weighted by Crippen LogP contribution is -2.33. The van der Waals surface area contributed by atoms with Crippen molar-refractivity contribution < 1.29 is 9.90 Å². The van der Waals surface area contributed by atoms with Crippen LogP contribution in [0, 0.1) is 0 Å². The van der Waals surface area contributed by atoms with Gasteiger partial charge in [-0.25, -0.2) is 0 Å². The van der Waals surface area contributed by atoms with Gasteiger partial charge in [-0.2, -0.15) is 0 Å². The van der Waals surface area contributed by atoms with E-state index in [1.807, 2.05) is 37.3 Å². The van der Waals surface area contributed by atoms with Crippen molar-refractivity contribution in [2.24, 2.45) is 0 Å². The first-order chi connectivity index (χ1) is 8.22. The van der Waals surface area contributed by atoms with Crippen molar-refractivity contribution in [1.82, 2.24) is 4.90 Å². The average Bonchev–Trinajstić information content (AvgIpc) is 2.78. The van der Waals surface area contributed by atoms with Crippen LogP contribution in [0.15, 0.2) is 30.3 Å². The van der Waals surface area contributed by atoms with Crippen LogP contribution in [-0.4, -0.2) is 35.1 Å². The zero-order chi connectivity index (χ0) is 12.3. The van der Waals surface area contributed by atoms with E-state index in [4.69, 9.17) is 0 Å². The highest BCUT2D eigenvalue weighted by molar-refractivity contribution is 5.84. The number of likely N-dealkylation sites (tertiary alicyclic amines) is 1. The van der Waals surface area contributed by atoms with Gasteiger partial charge in [-0.3, -0.25) is 4.79 Å². The molecule has 1 N–H and O–H groups in total. The monoisotopic (exact) mass is 233 g/mol. The zero-order valence-electron chi connectivity index (χ0n) is 10.2. The van der Waals surface area contributed by atoms with Gasteiger partial charge in [-0.05, 0) is 18.4 Å². The van der Waals surface area contributed by atoms with Crippen LogP contribution in [0.4, 0.5) is 0 Å². The molecule has 0 aromatic heterocycles. The number of hydrogen-bond acceptors (Lipinski definition) is 2. The number of rotatable bonds is 3. The molecule has 2 rings (SSSR count). The van der Waals surface area contributed by atoms with Gasteiger partial charge in [0.2, 0.25) is 5.91 Å². The van der Waals surface area contributed by atoms with Gasteiger partial charge in [0.25, 0.3) is 0 Å². The molecule has 1 aliphatic rings. The first-order valence-corrected chi connectivity index (χ1v) is 6.24. The number of aliphatic hydroxyl groups is 1.